The van der Waals surface area contributed by atoms with E-state index in [1.54, 1.807) is 11.0 Å². The first-order chi connectivity index (χ1) is 10.4. The van der Waals surface area contributed by atoms with E-state index in [0.717, 1.165) is 0 Å². The first kappa shape index (κ1) is 16.2. The van der Waals surface area contributed by atoms with Gasteiger partial charge in [-0.15, -0.1) is 0 Å². The lowest BCUT2D eigenvalue weighted by Crippen LogP contribution is -2.57. The molecule has 1 saturated heterocycles. The molecule has 0 saturated carbocycles. The highest BCUT2D eigenvalue weighted by atomic mass is 16.6. The number of morpholine rings is 1. The lowest BCUT2D eigenvalue weighted by atomic mass is 9.94. The minimum absolute atomic E-state index is 0.0472. The number of nitrogens with zero attached hydrogens (tertiary/aromatic N) is 2. The molecule has 2 rings (SSSR count). The summed E-state index contributed by atoms with van der Waals surface area (Å²) in [6.07, 6.45) is 0.705. The van der Waals surface area contributed by atoms with Crippen LogP contribution >= 0.6 is 0 Å². The maximum absolute atomic E-state index is 12.9. The Hall–Kier alpha value is -2.15. The fourth-order valence-corrected chi connectivity index (χ4v) is 2.63. The Labute approximate surface area is 129 Å². The first-order valence-corrected chi connectivity index (χ1v) is 7.15. The third kappa shape index (κ3) is 2.76. The number of benzene rings is 1. The molecular weight excluding hydrogens is 288 g/mol. The number of rotatable bonds is 4. The number of methoxy groups -OCH3 is 1. The molecule has 0 radical (unpaired) electrons. The van der Waals surface area contributed by atoms with Gasteiger partial charge in [-0.1, -0.05) is 13.0 Å². The number of ether oxygens (including phenoxy) is 2. The predicted octanol–water partition coefficient (Wildman–Crippen LogP) is 2.24. The Kier molecular flexibility index (Phi) is 4.65. The van der Waals surface area contributed by atoms with Crippen LogP contribution in [-0.4, -0.2) is 48.1 Å². The van der Waals surface area contributed by atoms with Crippen LogP contribution in [0.2, 0.25) is 0 Å². The van der Waals surface area contributed by atoms with Gasteiger partial charge < -0.3 is 14.4 Å². The summed E-state index contributed by atoms with van der Waals surface area (Å²) in [6, 6.07) is 4.53. The van der Waals surface area contributed by atoms with Crippen molar-refractivity contribution in [1.29, 1.82) is 0 Å². The zero-order valence-corrected chi connectivity index (χ0v) is 13.0. The Morgan fingerprint density at radius 3 is 2.86 bits per heavy atom. The number of carbonyl (C=O) groups excluding carboxylic acids is 1. The van der Waals surface area contributed by atoms with Gasteiger partial charge >= 0.3 is 5.69 Å². The van der Waals surface area contributed by atoms with Crippen molar-refractivity contribution in [2.45, 2.75) is 25.8 Å². The summed E-state index contributed by atoms with van der Waals surface area (Å²) < 4.78 is 10.5. The van der Waals surface area contributed by atoms with Crippen molar-refractivity contribution in [3.05, 3.63) is 33.9 Å². The molecule has 1 aliphatic rings. The van der Waals surface area contributed by atoms with Gasteiger partial charge in [-0.05, 0) is 25.5 Å². The molecule has 1 aliphatic heterocycles. The minimum atomic E-state index is -0.574. The quantitative estimate of drug-likeness (QED) is 0.629. The molecule has 120 valence electrons. The van der Waals surface area contributed by atoms with Crippen LogP contribution in [0.25, 0.3) is 0 Å². The zero-order chi connectivity index (χ0) is 16.3. The second kappa shape index (κ2) is 6.31. The van der Waals surface area contributed by atoms with E-state index in [2.05, 4.69) is 0 Å². The highest BCUT2D eigenvalue weighted by Gasteiger charge is 2.39. The smallest absolute Gasteiger partial charge is 0.323 e. The third-order valence-electron chi connectivity index (χ3n) is 4.16. The molecule has 1 heterocycles. The second-order valence-electron chi connectivity index (χ2n) is 5.47. The molecule has 1 aromatic rings. The molecule has 7 heteroatoms. The van der Waals surface area contributed by atoms with Crippen LogP contribution in [0.1, 0.15) is 30.6 Å². The highest BCUT2D eigenvalue weighted by Crippen LogP contribution is 2.34. The van der Waals surface area contributed by atoms with Crippen LogP contribution in [0.3, 0.4) is 0 Å². The third-order valence-corrected chi connectivity index (χ3v) is 4.16. The number of carbonyl (C=O) groups is 1. The van der Waals surface area contributed by atoms with Crippen LogP contribution in [0, 0.1) is 10.1 Å². The van der Waals surface area contributed by atoms with Gasteiger partial charge in [-0.25, -0.2) is 0 Å². The van der Waals surface area contributed by atoms with Crippen LogP contribution in [0.15, 0.2) is 18.2 Å². The van der Waals surface area contributed by atoms with Crippen LogP contribution in [0.5, 0.6) is 5.75 Å². The van der Waals surface area contributed by atoms with Crippen molar-refractivity contribution < 1.29 is 19.2 Å². The van der Waals surface area contributed by atoms with Gasteiger partial charge in [0.25, 0.3) is 5.91 Å². The Bertz CT molecular complexity index is 589. The molecule has 0 N–H and O–H groups in total. The average Bonchev–Trinajstić information content (AvgIpc) is 2.53. The molecule has 1 atom stereocenters. The molecule has 1 amide bonds. The van der Waals surface area contributed by atoms with E-state index in [4.69, 9.17) is 9.47 Å². The molecule has 0 aliphatic carbocycles. The number of para-hydroxylation sites is 1. The maximum atomic E-state index is 12.9. The Morgan fingerprint density at radius 2 is 2.27 bits per heavy atom. The molecule has 0 bridgehead atoms. The van der Waals surface area contributed by atoms with Crippen molar-refractivity contribution in [1.82, 2.24) is 4.90 Å². The summed E-state index contributed by atoms with van der Waals surface area (Å²) in [5.41, 5.74) is -0.711. The minimum Gasteiger partial charge on any atom is -0.490 e. The van der Waals surface area contributed by atoms with Gasteiger partial charge in [0.1, 0.15) is 5.56 Å². The molecule has 1 fully saturated rings. The lowest BCUT2D eigenvalue weighted by Gasteiger charge is -2.44. The van der Waals surface area contributed by atoms with Gasteiger partial charge in [0.15, 0.2) is 5.75 Å². The maximum Gasteiger partial charge on any atom is 0.323 e. The molecule has 0 aromatic heterocycles. The van der Waals surface area contributed by atoms with Gasteiger partial charge in [-0.3, -0.25) is 14.9 Å². The normalized spacial score (nSPS) is 21.5. The van der Waals surface area contributed by atoms with Crippen molar-refractivity contribution in [3.63, 3.8) is 0 Å². The summed E-state index contributed by atoms with van der Waals surface area (Å²) in [7, 11) is 1.35. The zero-order valence-electron chi connectivity index (χ0n) is 13.0. The highest BCUT2D eigenvalue weighted by molar-refractivity contribution is 5.99. The second-order valence-corrected chi connectivity index (χ2v) is 5.47. The molecule has 0 spiro atoms. The van der Waals surface area contributed by atoms with Gasteiger partial charge in [0.2, 0.25) is 0 Å². The summed E-state index contributed by atoms with van der Waals surface area (Å²) in [6.45, 7) is 5.16. The molecule has 22 heavy (non-hydrogen) atoms. The fraction of sp³-hybridized carbons (Fsp3) is 0.533. The fourth-order valence-electron chi connectivity index (χ4n) is 2.63. The van der Waals surface area contributed by atoms with Crippen molar-refractivity contribution in [2.75, 3.05) is 26.9 Å². The predicted molar refractivity (Wildman–Crippen MR) is 80.2 cm³/mol. The number of nitro benzene ring substituents is 1. The van der Waals surface area contributed by atoms with E-state index in [1.807, 2.05) is 13.8 Å². The summed E-state index contributed by atoms with van der Waals surface area (Å²) >= 11 is 0. The van der Waals surface area contributed by atoms with Gasteiger partial charge in [-0.2, -0.15) is 0 Å². The average molecular weight is 308 g/mol. The van der Waals surface area contributed by atoms with Crippen LogP contribution < -0.4 is 4.74 Å². The Morgan fingerprint density at radius 1 is 1.55 bits per heavy atom. The van der Waals surface area contributed by atoms with E-state index >= 15 is 0 Å². The summed E-state index contributed by atoms with van der Waals surface area (Å²) in [5.74, 6) is -0.277. The lowest BCUT2D eigenvalue weighted by molar-refractivity contribution is -0.386. The molecule has 1 unspecified atom stereocenters. The van der Waals surface area contributed by atoms with Gasteiger partial charge in [0, 0.05) is 6.54 Å². The summed E-state index contributed by atoms with van der Waals surface area (Å²) in [4.78, 5) is 25.3. The first-order valence-electron chi connectivity index (χ1n) is 7.15. The van der Waals surface area contributed by atoms with E-state index in [9.17, 15) is 14.9 Å². The van der Waals surface area contributed by atoms with Crippen LogP contribution in [-0.2, 0) is 4.74 Å². The van der Waals surface area contributed by atoms with Crippen molar-refractivity contribution in [3.8, 4) is 5.75 Å². The molecule has 1 aromatic carbocycles. The van der Waals surface area contributed by atoms with E-state index in [1.165, 1.54) is 19.2 Å². The number of amides is 1. The molecular formula is C15H20N2O5. The molecule has 7 nitrogen and oxygen atoms in total. The SMILES string of the molecule is CCC1(C)COCCN1C(=O)c1cccc(OC)c1[N+](=O)[O-]. The number of hydrogen-bond acceptors (Lipinski definition) is 5. The summed E-state index contributed by atoms with van der Waals surface area (Å²) in [5, 5.41) is 11.3. The number of hydrogen-bond donors (Lipinski definition) is 0. The number of nitro groups is 1. The largest absolute Gasteiger partial charge is 0.490 e. The van der Waals surface area contributed by atoms with Crippen molar-refractivity contribution >= 4 is 11.6 Å². The monoisotopic (exact) mass is 308 g/mol. The van der Waals surface area contributed by atoms with Crippen molar-refractivity contribution in [2.24, 2.45) is 0 Å². The van der Waals surface area contributed by atoms with Crippen LogP contribution in [0.4, 0.5) is 5.69 Å². The Balaban J connectivity index is 2.47. The van der Waals surface area contributed by atoms with E-state index in [0.29, 0.717) is 26.2 Å². The standard InChI is InChI=1S/C15H20N2O5/c1-4-15(2)10-22-9-8-16(15)14(18)11-6-5-7-12(21-3)13(11)17(19)20/h5-7H,4,8-10H2,1-3H3. The van der Waals surface area contributed by atoms with E-state index < -0.39 is 10.5 Å². The van der Waals surface area contributed by atoms with E-state index in [-0.39, 0.29) is 22.9 Å². The topological polar surface area (TPSA) is 81.9 Å². The van der Waals surface area contributed by atoms with Gasteiger partial charge in [0.05, 0.1) is 30.8 Å².